The number of fused-ring (bicyclic) bond motifs is 2. The van der Waals surface area contributed by atoms with Crippen LogP contribution in [0.3, 0.4) is 0 Å². The van der Waals surface area contributed by atoms with Gasteiger partial charge in [-0.15, -0.1) is 0 Å². The smallest absolute Gasteiger partial charge is 0.307 e. The number of rotatable bonds is 3. The molecule has 1 fully saturated rings. The van der Waals surface area contributed by atoms with E-state index in [1.165, 1.54) is 0 Å². The van der Waals surface area contributed by atoms with Crippen LogP contribution in [0.1, 0.15) is 6.42 Å². The summed E-state index contributed by atoms with van der Waals surface area (Å²) in [6.45, 7) is 0. The van der Waals surface area contributed by atoms with Crippen LogP contribution in [-0.4, -0.2) is 17.0 Å². The highest BCUT2D eigenvalue weighted by atomic mass is 79.9. The van der Waals surface area contributed by atoms with E-state index in [2.05, 4.69) is 37.2 Å². The number of allylic oxidation sites excluding steroid dienone is 2. The maximum Gasteiger partial charge on any atom is 0.307 e. The van der Waals surface area contributed by atoms with Gasteiger partial charge in [0.25, 0.3) is 0 Å². The van der Waals surface area contributed by atoms with Crippen LogP contribution in [0.4, 0.5) is 5.69 Å². The molecular formula is C15H13Br2NO3. The van der Waals surface area contributed by atoms with Gasteiger partial charge in [0.05, 0.1) is 11.8 Å². The Balaban J connectivity index is 1.80. The molecule has 21 heavy (non-hydrogen) atoms. The predicted octanol–water partition coefficient (Wildman–Crippen LogP) is 3.67. The van der Waals surface area contributed by atoms with Gasteiger partial charge in [-0.25, -0.2) is 0 Å². The van der Waals surface area contributed by atoms with Crippen molar-refractivity contribution in [2.45, 2.75) is 6.42 Å². The van der Waals surface area contributed by atoms with E-state index in [1.54, 1.807) is 12.1 Å². The monoisotopic (exact) mass is 413 g/mol. The van der Waals surface area contributed by atoms with Gasteiger partial charge in [0.2, 0.25) is 5.91 Å². The minimum absolute atomic E-state index is 0.0140. The van der Waals surface area contributed by atoms with E-state index in [-0.39, 0.29) is 17.7 Å². The molecular weight excluding hydrogens is 402 g/mol. The third-order valence-electron chi connectivity index (χ3n) is 4.23. The van der Waals surface area contributed by atoms with Crippen LogP contribution in [0.25, 0.3) is 0 Å². The third-order valence-corrected chi connectivity index (χ3v) is 6.11. The molecule has 1 amide bonds. The molecule has 3 rings (SSSR count). The number of carboxylic acid groups (broad SMARTS) is 1. The van der Waals surface area contributed by atoms with Crippen molar-refractivity contribution >= 4 is 49.4 Å². The fourth-order valence-electron chi connectivity index (χ4n) is 3.32. The summed E-state index contributed by atoms with van der Waals surface area (Å²) in [4.78, 5) is 23.9. The average Bonchev–Trinajstić information content (AvgIpc) is 3.03. The lowest BCUT2D eigenvalue weighted by Crippen LogP contribution is -2.36. The Hall–Kier alpha value is -1.14. The Labute approximate surface area is 138 Å². The van der Waals surface area contributed by atoms with Crippen LogP contribution in [-0.2, 0) is 9.59 Å². The van der Waals surface area contributed by atoms with Crippen molar-refractivity contribution < 1.29 is 14.7 Å². The molecule has 110 valence electrons. The van der Waals surface area contributed by atoms with E-state index >= 15 is 0 Å². The molecule has 0 heterocycles. The highest BCUT2D eigenvalue weighted by Gasteiger charge is 2.51. The van der Waals surface area contributed by atoms with Gasteiger partial charge in [-0.05, 0) is 68.3 Å². The Morgan fingerprint density at radius 2 is 1.76 bits per heavy atom. The second-order valence-electron chi connectivity index (χ2n) is 5.46. The molecule has 1 aromatic carbocycles. The van der Waals surface area contributed by atoms with Gasteiger partial charge in [0, 0.05) is 14.6 Å². The number of carbonyl (C=O) groups excluding carboxylic acids is 1. The number of halogens is 2. The molecule has 0 radical (unpaired) electrons. The van der Waals surface area contributed by atoms with Crippen molar-refractivity contribution in [3.05, 3.63) is 39.3 Å². The van der Waals surface area contributed by atoms with E-state index in [0.29, 0.717) is 5.69 Å². The van der Waals surface area contributed by atoms with E-state index in [0.717, 1.165) is 15.4 Å². The molecule has 2 aliphatic rings. The topological polar surface area (TPSA) is 66.4 Å². The van der Waals surface area contributed by atoms with Crippen LogP contribution >= 0.6 is 31.9 Å². The second-order valence-corrected chi connectivity index (χ2v) is 7.16. The van der Waals surface area contributed by atoms with Gasteiger partial charge in [-0.3, -0.25) is 9.59 Å². The maximum atomic E-state index is 12.5. The molecule has 2 aliphatic carbocycles. The summed E-state index contributed by atoms with van der Waals surface area (Å²) in [7, 11) is 0. The zero-order chi connectivity index (χ0) is 15.1. The average molecular weight is 415 g/mol. The van der Waals surface area contributed by atoms with E-state index < -0.39 is 17.8 Å². The van der Waals surface area contributed by atoms with Gasteiger partial charge in [-0.1, -0.05) is 12.2 Å². The van der Waals surface area contributed by atoms with Crippen molar-refractivity contribution in [1.29, 1.82) is 0 Å². The Bertz CT molecular complexity index is 644. The van der Waals surface area contributed by atoms with Crippen molar-refractivity contribution in [2.75, 3.05) is 5.32 Å². The normalized spacial score (nSPS) is 29.6. The molecule has 4 nitrogen and oxygen atoms in total. The van der Waals surface area contributed by atoms with Crippen LogP contribution in [0.2, 0.25) is 0 Å². The summed E-state index contributed by atoms with van der Waals surface area (Å²) >= 11 is 6.75. The maximum absolute atomic E-state index is 12.5. The van der Waals surface area contributed by atoms with Gasteiger partial charge in [0.15, 0.2) is 0 Å². The molecule has 1 aromatic rings. The van der Waals surface area contributed by atoms with Crippen LogP contribution in [0, 0.1) is 23.7 Å². The summed E-state index contributed by atoms with van der Waals surface area (Å²) < 4.78 is 1.73. The molecule has 1 saturated carbocycles. The zero-order valence-electron chi connectivity index (χ0n) is 10.9. The first-order valence-electron chi connectivity index (χ1n) is 6.64. The van der Waals surface area contributed by atoms with Gasteiger partial charge < -0.3 is 10.4 Å². The first kappa shape index (κ1) is 14.8. The molecule has 0 aromatic heterocycles. The molecule has 6 heteroatoms. The molecule has 2 bridgehead atoms. The number of nitrogens with one attached hydrogen (secondary N) is 1. The number of carboxylic acids is 1. The Morgan fingerprint density at radius 1 is 1.10 bits per heavy atom. The van der Waals surface area contributed by atoms with Crippen LogP contribution in [0.5, 0.6) is 0 Å². The number of amides is 1. The second kappa shape index (κ2) is 5.57. The number of aliphatic carboxylic acids is 1. The number of anilines is 1. The SMILES string of the molecule is O=C(O)[C@@H]1[C@H](C(=O)Nc2ccc(Br)c(Br)c2)[C@@H]2C=C[C@H]1C2. The van der Waals surface area contributed by atoms with Gasteiger partial charge >= 0.3 is 5.97 Å². The number of hydrogen-bond donors (Lipinski definition) is 2. The molecule has 2 N–H and O–H groups in total. The summed E-state index contributed by atoms with van der Waals surface area (Å²) in [5, 5.41) is 12.2. The predicted molar refractivity (Wildman–Crippen MR) is 85.8 cm³/mol. The first-order valence-corrected chi connectivity index (χ1v) is 8.23. The molecule has 0 unspecified atom stereocenters. The summed E-state index contributed by atoms with van der Waals surface area (Å²) in [5.41, 5.74) is 0.658. The van der Waals surface area contributed by atoms with E-state index in [1.807, 2.05) is 18.2 Å². The van der Waals surface area contributed by atoms with Crippen molar-refractivity contribution in [3.63, 3.8) is 0 Å². The molecule has 4 atom stereocenters. The van der Waals surface area contributed by atoms with Gasteiger partial charge in [0.1, 0.15) is 0 Å². The molecule has 0 spiro atoms. The van der Waals surface area contributed by atoms with Crippen molar-refractivity contribution in [1.82, 2.24) is 0 Å². The number of hydrogen-bond acceptors (Lipinski definition) is 2. The number of carbonyl (C=O) groups is 2. The van der Waals surface area contributed by atoms with Crippen LogP contribution < -0.4 is 5.32 Å². The minimum atomic E-state index is -0.885. The van der Waals surface area contributed by atoms with Crippen molar-refractivity contribution in [2.24, 2.45) is 23.7 Å². The van der Waals surface area contributed by atoms with E-state index in [4.69, 9.17) is 0 Å². The number of benzene rings is 1. The Kier molecular flexibility index (Phi) is 3.92. The van der Waals surface area contributed by atoms with Gasteiger partial charge in [-0.2, -0.15) is 0 Å². The lowest BCUT2D eigenvalue weighted by atomic mass is 9.82. The van der Waals surface area contributed by atoms with E-state index in [9.17, 15) is 14.7 Å². The lowest BCUT2D eigenvalue weighted by Gasteiger charge is -2.23. The first-order chi connectivity index (χ1) is 9.97. The molecule has 0 saturated heterocycles. The summed E-state index contributed by atoms with van der Waals surface area (Å²) in [6, 6.07) is 5.40. The van der Waals surface area contributed by atoms with Crippen molar-refractivity contribution in [3.8, 4) is 0 Å². The quantitative estimate of drug-likeness (QED) is 0.741. The Morgan fingerprint density at radius 3 is 2.38 bits per heavy atom. The molecule has 0 aliphatic heterocycles. The lowest BCUT2D eigenvalue weighted by molar-refractivity contribution is -0.146. The fraction of sp³-hybridized carbons (Fsp3) is 0.333. The summed E-state index contributed by atoms with van der Waals surface area (Å²) in [5.74, 6) is -2.17. The largest absolute Gasteiger partial charge is 0.481 e. The standard InChI is InChI=1S/C15H13Br2NO3/c16-10-4-3-9(6-11(10)17)18-14(19)12-7-1-2-8(5-7)13(12)15(20)21/h1-4,6-8,12-13H,5H2,(H,18,19)(H,20,21)/t7-,8+,12-,13+/m1/s1. The highest BCUT2D eigenvalue weighted by Crippen LogP contribution is 2.48. The zero-order valence-corrected chi connectivity index (χ0v) is 14.1. The van der Waals surface area contributed by atoms with Crippen LogP contribution in [0.15, 0.2) is 39.3 Å². The summed E-state index contributed by atoms with van der Waals surface area (Å²) in [6.07, 6.45) is 4.67. The third kappa shape index (κ3) is 2.66. The highest BCUT2D eigenvalue weighted by molar-refractivity contribution is 9.13. The fourth-order valence-corrected chi connectivity index (χ4v) is 3.94. The minimum Gasteiger partial charge on any atom is -0.481 e.